The van der Waals surface area contributed by atoms with Gasteiger partial charge in [-0.15, -0.1) is 0 Å². The molecule has 0 aromatic heterocycles. The largest absolute Gasteiger partial charge is 0.416 e. The Morgan fingerprint density at radius 3 is 2.11 bits per heavy atom. The van der Waals surface area contributed by atoms with Crippen molar-refractivity contribution in [1.82, 2.24) is 0 Å². The third-order valence-corrected chi connectivity index (χ3v) is 2.21. The Bertz CT molecular complexity index is 288. The molecule has 1 nitrogen and oxygen atoms in total. The van der Waals surface area contributed by atoms with Crippen LogP contribution >= 0.6 is 0 Å². The molecule has 1 unspecified atom stereocenters. The Labute approximate surface area is 108 Å². The second-order valence-corrected chi connectivity index (χ2v) is 3.39. The number of allylic oxidation sites excluding steroid dienone is 4. The third-order valence-electron chi connectivity index (χ3n) is 2.21. The van der Waals surface area contributed by atoms with Gasteiger partial charge in [-0.1, -0.05) is 45.6 Å². The monoisotopic (exact) mass is 264 g/mol. The molecule has 0 aliphatic rings. The molecule has 0 spiro atoms. The zero-order valence-corrected chi connectivity index (χ0v) is 11.5. The highest BCUT2D eigenvalue weighted by atomic mass is 19.4. The van der Waals surface area contributed by atoms with Crippen LogP contribution in [0.25, 0.3) is 0 Å². The van der Waals surface area contributed by atoms with E-state index in [4.69, 9.17) is 0 Å². The molecular weight excluding hydrogens is 241 g/mol. The van der Waals surface area contributed by atoms with Crippen LogP contribution in [0.1, 0.15) is 40.5 Å². The number of hydrogen-bond donors (Lipinski definition) is 1. The summed E-state index contributed by atoms with van der Waals surface area (Å²) in [6, 6.07) is 0. The summed E-state index contributed by atoms with van der Waals surface area (Å²) in [7, 11) is 0. The summed E-state index contributed by atoms with van der Waals surface area (Å²) < 4.78 is 38.0. The summed E-state index contributed by atoms with van der Waals surface area (Å²) in [5.74, 6) is 0. The molecule has 18 heavy (non-hydrogen) atoms. The van der Waals surface area contributed by atoms with Gasteiger partial charge in [-0.25, -0.2) is 0 Å². The Hall–Kier alpha value is -1.03. The summed E-state index contributed by atoms with van der Waals surface area (Å²) in [5.41, 5.74) is -0.640. The van der Waals surface area contributed by atoms with Gasteiger partial charge in [-0.05, 0) is 25.3 Å². The second kappa shape index (κ2) is 9.95. The van der Waals surface area contributed by atoms with Crippen molar-refractivity contribution in [3.05, 3.63) is 36.0 Å². The predicted octanol–water partition coefficient (Wildman–Crippen LogP) is 4.79. The van der Waals surface area contributed by atoms with Crippen LogP contribution in [-0.2, 0) is 0 Å². The molecule has 0 amide bonds. The van der Waals surface area contributed by atoms with E-state index >= 15 is 0 Å². The minimum atomic E-state index is -4.41. The number of aliphatic hydroxyl groups excluding tert-OH is 1. The minimum Gasteiger partial charge on any atom is -0.393 e. The van der Waals surface area contributed by atoms with Gasteiger partial charge in [0.15, 0.2) is 0 Å². The molecule has 0 saturated heterocycles. The molecular formula is C14H23F3O. The van der Waals surface area contributed by atoms with E-state index in [-0.39, 0.29) is 12.0 Å². The molecule has 0 heterocycles. The number of rotatable bonds is 5. The van der Waals surface area contributed by atoms with Crippen molar-refractivity contribution in [2.75, 3.05) is 0 Å². The first-order chi connectivity index (χ1) is 8.36. The standard InChI is InChI=1S/C12H17F3O.C2H6/c1-4-7-11(12(13,14)15)9(5-2)8-10(16)6-3;1-2/h4-5,7,10,16H,1,6,8H2,2-3H3;1-2H3/b9-5-,11-7+;. The van der Waals surface area contributed by atoms with Crippen LogP contribution in [0, 0.1) is 0 Å². The van der Waals surface area contributed by atoms with E-state index in [0.29, 0.717) is 6.42 Å². The van der Waals surface area contributed by atoms with Crippen LogP contribution in [0.4, 0.5) is 13.2 Å². The van der Waals surface area contributed by atoms with Crippen molar-refractivity contribution in [2.45, 2.75) is 52.8 Å². The maximum atomic E-state index is 12.7. The topological polar surface area (TPSA) is 20.2 Å². The number of aliphatic hydroxyl groups is 1. The fraction of sp³-hybridized carbons (Fsp3) is 0.571. The molecule has 106 valence electrons. The van der Waals surface area contributed by atoms with Crippen LogP contribution in [0.15, 0.2) is 36.0 Å². The van der Waals surface area contributed by atoms with Crippen LogP contribution in [-0.4, -0.2) is 17.4 Å². The first-order valence-corrected chi connectivity index (χ1v) is 6.10. The quantitative estimate of drug-likeness (QED) is 0.707. The van der Waals surface area contributed by atoms with Gasteiger partial charge in [-0.3, -0.25) is 0 Å². The van der Waals surface area contributed by atoms with Crippen LogP contribution in [0.2, 0.25) is 0 Å². The normalized spacial score (nSPS) is 14.7. The van der Waals surface area contributed by atoms with Gasteiger partial charge in [-0.2, -0.15) is 13.2 Å². The molecule has 0 aromatic carbocycles. The van der Waals surface area contributed by atoms with Crippen LogP contribution < -0.4 is 0 Å². The van der Waals surface area contributed by atoms with Gasteiger partial charge >= 0.3 is 6.18 Å². The molecule has 4 heteroatoms. The second-order valence-electron chi connectivity index (χ2n) is 3.39. The maximum Gasteiger partial charge on any atom is 0.416 e. The fourth-order valence-corrected chi connectivity index (χ4v) is 1.28. The average Bonchev–Trinajstić information content (AvgIpc) is 2.34. The van der Waals surface area contributed by atoms with Crippen molar-refractivity contribution in [2.24, 2.45) is 0 Å². The Balaban J connectivity index is 0. The first kappa shape index (κ1) is 19.3. The molecule has 0 radical (unpaired) electrons. The van der Waals surface area contributed by atoms with E-state index in [2.05, 4.69) is 6.58 Å². The Morgan fingerprint density at radius 1 is 1.33 bits per heavy atom. The SMILES string of the molecule is C=C/C=C(\C(=C/C)CC(O)CC)C(F)(F)F.CC. The molecule has 0 fully saturated rings. The van der Waals surface area contributed by atoms with E-state index in [0.717, 1.165) is 12.2 Å². The number of hydrogen-bond acceptors (Lipinski definition) is 1. The zero-order chi connectivity index (χ0) is 14.8. The molecule has 1 N–H and O–H groups in total. The smallest absolute Gasteiger partial charge is 0.393 e. The molecule has 0 bridgehead atoms. The highest BCUT2D eigenvalue weighted by Crippen LogP contribution is 2.33. The van der Waals surface area contributed by atoms with E-state index < -0.39 is 17.9 Å². The predicted molar refractivity (Wildman–Crippen MR) is 70.4 cm³/mol. The van der Waals surface area contributed by atoms with Crippen LogP contribution in [0.3, 0.4) is 0 Å². The lowest BCUT2D eigenvalue weighted by atomic mass is 9.97. The number of alkyl halides is 3. The highest BCUT2D eigenvalue weighted by molar-refractivity contribution is 5.37. The van der Waals surface area contributed by atoms with E-state index in [9.17, 15) is 18.3 Å². The van der Waals surface area contributed by atoms with Crippen molar-refractivity contribution >= 4 is 0 Å². The van der Waals surface area contributed by atoms with Gasteiger partial charge in [0, 0.05) is 0 Å². The van der Waals surface area contributed by atoms with Crippen molar-refractivity contribution in [3.63, 3.8) is 0 Å². The molecule has 0 aromatic rings. The van der Waals surface area contributed by atoms with Crippen molar-refractivity contribution in [3.8, 4) is 0 Å². The summed E-state index contributed by atoms with van der Waals surface area (Å²) in [6.07, 6.45) is -1.32. The Kier molecular flexibility index (Phi) is 10.7. The highest BCUT2D eigenvalue weighted by Gasteiger charge is 2.35. The fourth-order valence-electron chi connectivity index (χ4n) is 1.28. The van der Waals surface area contributed by atoms with Crippen molar-refractivity contribution < 1.29 is 18.3 Å². The molecule has 0 aliphatic carbocycles. The summed E-state index contributed by atoms with van der Waals surface area (Å²) in [6.45, 7) is 10.5. The van der Waals surface area contributed by atoms with Crippen LogP contribution in [0.5, 0.6) is 0 Å². The van der Waals surface area contributed by atoms with Gasteiger partial charge in [0.05, 0.1) is 11.7 Å². The van der Waals surface area contributed by atoms with E-state index in [1.54, 1.807) is 6.92 Å². The average molecular weight is 264 g/mol. The molecule has 0 aliphatic heterocycles. The summed E-state index contributed by atoms with van der Waals surface area (Å²) in [5, 5.41) is 9.38. The van der Waals surface area contributed by atoms with Gasteiger partial charge in [0.1, 0.15) is 0 Å². The third kappa shape index (κ3) is 7.33. The zero-order valence-electron chi connectivity index (χ0n) is 11.5. The Morgan fingerprint density at radius 2 is 1.83 bits per heavy atom. The lowest BCUT2D eigenvalue weighted by molar-refractivity contribution is -0.0898. The lowest BCUT2D eigenvalue weighted by Gasteiger charge is -2.17. The minimum absolute atomic E-state index is 0.00613. The lowest BCUT2D eigenvalue weighted by Crippen LogP contribution is -2.17. The summed E-state index contributed by atoms with van der Waals surface area (Å²) in [4.78, 5) is 0. The van der Waals surface area contributed by atoms with E-state index in [1.807, 2.05) is 13.8 Å². The van der Waals surface area contributed by atoms with Gasteiger partial charge in [0.25, 0.3) is 0 Å². The van der Waals surface area contributed by atoms with Crippen molar-refractivity contribution in [1.29, 1.82) is 0 Å². The number of halogens is 3. The molecule has 1 atom stereocenters. The van der Waals surface area contributed by atoms with Gasteiger partial charge in [0.2, 0.25) is 0 Å². The summed E-state index contributed by atoms with van der Waals surface area (Å²) >= 11 is 0. The molecule has 0 saturated carbocycles. The maximum absolute atomic E-state index is 12.7. The van der Waals surface area contributed by atoms with E-state index in [1.165, 1.54) is 13.0 Å². The van der Waals surface area contributed by atoms with Gasteiger partial charge < -0.3 is 5.11 Å². The first-order valence-electron chi connectivity index (χ1n) is 6.10. The molecule has 0 rings (SSSR count).